The second-order valence-corrected chi connectivity index (χ2v) is 7.89. The van der Waals surface area contributed by atoms with E-state index in [1.54, 1.807) is 4.90 Å². The number of nitrogens with two attached hydrogens (primary N) is 1. The maximum Gasteiger partial charge on any atom is 0.410 e. The molecule has 1 aliphatic heterocycles. The molecule has 1 fully saturated rings. The molecule has 2 aromatic carbocycles. The Balaban J connectivity index is 0.00000136. The molecule has 0 spiro atoms. The summed E-state index contributed by atoms with van der Waals surface area (Å²) in [6.45, 7) is 10.6. The molecule has 3 rings (SSSR count). The first-order valence-electron chi connectivity index (χ1n) is 10.2. The van der Waals surface area contributed by atoms with Gasteiger partial charge in [0.1, 0.15) is 11.7 Å². The summed E-state index contributed by atoms with van der Waals surface area (Å²) in [4.78, 5) is 14.2. The summed E-state index contributed by atoms with van der Waals surface area (Å²) in [5, 5.41) is 13.2. The number of amides is 1. The number of fused-ring (bicyclic) bond motifs is 1. The lowest BCUT2D eigenvalue weighted by Gasteiger charge is -2.31. The van der Waals surface area contributed by atoms with E-state index in [2.05, 4.69) is 0 Å². The normalized spacial score (nSPS) is 17.8. The van der Waals surface area contributed by atoms with Gasteiger partial charge in [0.2, 0.25) is 0 Å². The van der Waals surface area contributed by atoms with Gasteiger partial charge >= 0.3 is 6.09 Å². The van der Waals surface area contributed by atoms with Gasteiger partial charge in [-0.15, -0.1) is 0 Å². The van der Waals surface area contributed by atoms with Crippen molar-refractivity contribution in [2.75, 3.05) is 6.54 Å². The molecule has 0 aromatic heterocycles. The molecule has 2 unspecified atom stereocenters. The quantitative estimate of drug-likeness (QED) is 0.797. The molecule has 0 aliphatic carbocycles. The van der Waals surface area contributed by atoms with Crippen molar-refractivity contribution >= 4 is 16.9 Å². The van der Waals surface area contributed by atoms with Crippen LogP contribution in [-0.2, 0) is 11.3 Å². The predicted molar refractivity (Wildman–Crippen MR) is 114 cm³/mol. The maximum absolute atomic E-state index is 12.5. The minimum Gasteiger partial charge on any atom is -0.444 e. The van der Waals surface area contributed by atoms with E-state index in [0.29, 0.717) is 13.1 Å². The predicted octanol–water partition coefficient (Wildman–Crippen LogP) is 4.76. The molecule has 154 valence electrons. The largest absolute Gasteiger partial charge is 0.444 e. The first kappa shape index (κ1) is 22.2. The highest BCUT2D eigenvalue weighted by Crippen LogP contribution is 2.35. The lowest BCUT2D eigenvalue weighted by molar-refractivity contribution is 0.00512. The van der Waals surface area contributed by atoms with Crippen molar-refractivity contribution in [2.45, 2.75) is 71.8 Å². The number of nitrogens with zero attached hydrogens (tertiary/aromatic N) is 1. The Bertz CT molecular complexity index is 798. The number of hydrogen-bond donors (Lipinski definition) is 2. The second-order valence-electron chi connectivity index (χ2n) is 7.89. The van der Waals surface area contributed by atoms with Crippen LogP contribution in [0.1, 0.15) is 64.7 Å². The Morgan fingerprint density at radius 2 is 1.86 bits per heavy atom. The number of rotatable bonds is 3. The van der Waals surface area contributed by atoms with Crippen molar-refractivity contribution in [3.05, 3.63) is 47.5 Å². The summed E-state index contributed by atoms with van der Waals surface area (Å²) in [7, 11) is 0. The molecule has 1 aliphatic rings. The van der Waals surface area contributed by atoms with E-state index in [0.717, 1.165) is 34.7 Å². The highest BCUT2D eigenvalue weighted by molar-refractivity contribution is 5.89. The summed E-state index contributed by atoms with van der Waals surface area (Å²) in [6, 6.07) is 11.6. The third-order valence-corrected chi connectivity index (χ3v) is 4.88. The van der Waals surface area contributed by atoms with Crippen LogP contribution in [0.15, 0.2) is 36.4 Å². The van der Waals surface area contributed by atoms with Crippen LogP contribution in [0.2, 0.25) is 0 Å². The lowest BCUT2D eigenvalue weighted by atomic mass is 9.92. The van der Waals surface area contributed by atoms with Gasteiger partial charge in [-0.3, -0.25) is 0 Å². The average Bonchev–Trinajstić information content (AvgIpc) is 3.17. The number of likely N-dealkylation sites (tertiary alicyclic amines) is 1. The van der Waals surface area contributed by atoms with Gasteiger partial charge in [-0.2, -0.15) is 0 Å². The molecule has 0 radical (unpaired) electrons. The first-order valence-corrected chi connectivity index (χ1v) is 10.2. The number of aliphatic hydroxyl groups excluding tert-OH is 1. The highest BCUT2D eigenvalue weighted by Gasteiger charge is 2.37. The molecule has 0 saturated carbocycles. The number of benzene rings is 2. The molecule has 5 heteroatoms. The fourth-order valence-electron chi connectivity index (χ4n) is 3.70. The van der Waals surface area contributed by atoms with Crippen molar-refractivity contribution in [1.29, 1.82) is 0 Å². The van der Waals surface area contributed by atoms with Crippen LogP contribution >= 0.6 is 0 Å². The molecule has 1 heterocycles. The summed E-state index contributed by atoms with van der Waals surface area (Å²) >= 11 is 0. The monoisotopic (exact) mass is 386 g/mol. The summed E-state index contributed by atoms with van der Waals surface area (Å²) in [5.41, 5.74) is 7.18. The number of ether oxygens (including phenoxy) is 1. The van der Waals surface area contributed by atoms with E-state index in [4.69, 9.17) is 10.5 Å². The fourth-order valence-corrected chi connectivity index (χ4v) is 3.70. The molecule has 1 amide bonds. The third-order valence-electron chi connectivity index (χ3n) is 4.88. The van der Waals surface area contributed by atoms with Gasteiger partial charge in [-0.05, 0) is 55.5 Å². The van der Waals surface area contributed by atoms with E-state index in [-0.39, 0.29) is 12.1 Å². The standard InChI is InChI=1S/C21H28N2O3.C2H6/c1-21(2,3)26-20(25)23-12-6-9-18(23)19(24)17-11-10-14(13-22)15-7-4-5-8-16(15)17;1-2/h4-5,7-8,10-11,18-19,24H,6,9,12-13,22H2,1-3H3;1-2H3. The topological polar surface area (TPSA) is 75.8 Å². The molecule has 1 saturated heterocycles. The van der Waals surface area contributed by atoms with Gasteiger partial charge < -0.3 is 20.5 Å². The smallest absolute Gasteiger partial charge is 0.410 e. The number of aliphatic hydroxyl groups is 1. The minimum atomic E-state index is -0.762. The van der Waals surface area contributed by atoms with E-state index in [9.17, 15) is 9.90 Å². The zero-order valence-corrected chi connectivity index (χ0v) is 17.7. The van der Waals surface area contributed by atoms with Gasteiger partial charge in [0.05, 0.1) is 6.04 Å². The third kappa shape index (κ3) is 4.83. The van der Waals surface area contributed by atoms with E-state index in [1.165, 1.54) is 0 Å². The van der Waals surface area contributed by atoms with Crippen LogP contribution in [0.4, 0.5) is 4.79 Å². The number of carbonyl (C=O) groups excluding carboxylic acids is 1. The maximum atomic E-state index is 12.5. The van der Waals surface area contributed by atoms with Gasteiger partial charge in [-0.1, -0.05) is 50.2 Å². The average molecular weight is 387 g/mol. The molecular formula is C23H34N2O3. The van der Waals surface area contributed by atoms with Crippen molar-refractivity contribution in [1.82, 2.24) is 4.90 Å². The molecule has 28 heavy (non-hydrogen) atoms. The fraction of sp³-hybridized carbons (Fsp3) is 0.522. The molecule has 2 atom stereocenters. The Hall–Kier alpha value is -2.11. The summed E-state index contributed by atoms with van der Waals surface area (Å²) < 4.78 is 5.52. The molecule has 2 aromatic rings. The van der Waals surface area contributed by atoms with Crippen LogP contribution in [0.5, 0.6) is 0 Å². The van der Waals surface area contributed by atoms with Crippen LogP contribution in [0.3, 0.4) is 0 Å². The zero-order valence-electron chi connectivity index (χ0n) is 17.7. The van der Waals surface area contributed by atoms with Crippen LogP contribution in [-0.4, -0.2) is 34.3 Å². The van der Waals surface area contributed by atoms with Crippen LogP contribution < -0.4 is 5.73 Å². The molecule has 0 bridgehead atoms. The van der Waals surface area contributed by atoms with E-state index < -0.39 is 11.7 Å². The van der Waals surface area contributed by atoms with Crippen molar-refractivity contribution in [3.8, 4) is 0 Å². The summed E-state index contributed by atoms with van der Waals surface area (Å²) in [6.07, 6.45) is 0.497. The first-order chi connectivity index (χ1) is 13.3. The lowest BCUT2D eigenvalue weighted by Crippen LogP contribution is -2.42. The van der Waals surface area contributed by atoms with Gasteiger partial charge in [0, 0.05) is 13.1 Å². The minimum absolute atomic E-state index is 0.281. The van der Waals surface area contributed by atoms with Crippen molar-refractivity contribution in [2.24, 2.45) is 5.73 Å². The SMILES string of the molecule is CC.CC(C)(C)OC(=O)N1CCCC1C(O)c1ccc(CN)c2ccccc12. The van der Waals surface area contributed by atoms with Crippen LogP contribution in [0.25, 0.3) is 10.8 Å². The van der Waals surface area contributed by atoms with Gasteiger partial charge in [0.25, 0.3) is 0 Å². The Morgan fingerprint density at radius 3 is 2.46 bits per heavy atom. The van der Waals surface area contributed by atoms with Gasteiger partial charge in [-0.25, -0.2) is 4.79 Å². The van der Waals surface area contributed by atoms with Gasteiger partial charge in [0.15, 0.2) is 0 Å². The molecular weight excluding hydrogens is 352 g/mol. The highest BCUT2D eigenvalue weighted by atomic mass is 16.6. The van der Waals surface area contributed by atoms with Crippen molar-refractivity contribution < 1.29 is 14.6 Å². The molecule has 3 N–H and O–H groups in total. The number of hydrogen-bond acceptors (Lipinski definition) is 4. The van der Waals surface area contributed by atoms with E-state index >= 15 is 0 Å². The van der Waals surface area contributed by atoms with Crippen molar-refractivity contribution in [3.63, 3.8) is 0 Å². The number of carbonyl (C=O) groups is 1. The summed E-state index contributed by atoms with van der Waals surface area (Å²) in [5.74, 6) is 0. The molecule has 5 nitrogen and oxygen atoms in total. The second kappa shape index (κ2) is 9.39. The Morgan fingerprint density at radius 1 is 1.21 bits per heavy atom. The Labute approximate surface area is 168 Å². The Kier molecular flexibility index (Phi) is 7.44. The van der Waals surface area contributed by atoms with Crippen LogP contribution in [0, 0.1) is 0 Å². The zero-order chi connectivity index (χ0) is 20.9. The van der Waals surface area contributed by atoms with E-state index in [1.807, 2.05) is 71.0 Å².